The molecule has 0 saturated heterocycles. The molecular weight excluding hydrogens is 200 g/mol. The van der Waals surface area contributed by atoms with Crippen LogP contribution in [0.25, 0.3) is 0 Å². The third kappa shape index (κ3) is 1.57. The molecule has 5 heteroatoms. The number of nitrogens with two attached hydrogens (primary N) is 1. The Morgan fingerprint density at radius 2 is 1.93 bits per heavy atom. The molecule has 82 valence electrons. The number of hydrogen-bond acceptors (Lipinski definition) is 3. The van der Waals surface area contributed by atoms with Crippen LogP contribution >= 0.6 is 0 Å². The summed E-state index contributed by atoms with van der Waals surface area (Å²) >= 11 is 0. The van der Waals surface area contributed by atoms with Gasteiger partial charge >= 0.3 is 0 Å². The molecule has 0 aliphatic heterocycles. The first-order chi connectivity index (χ1) is 6.34. The third-order valence-corrected chi connectivity index (χ3v) is 5.58. The van der Waals surface area contributed by atoms with Gasteiger partial charge in [0.1, 0.15) is 0 Å². The zero-order valence-electron chi connectivity index (χ0n) is 8.66. The van der Waals surface area contributed by atoms with Gasteiger partial charge in [-0.3, -0.25) is 0 Å². The lowest BCUT2D eigenvalue weighted by Crippen LogP contribution is -2.64. The van der Waals surface area contributed by atoms with Crippen molar-refractivity contribution in [2.75, 3.05) is 0 Å². The van der Waals surface area contributed by atoms with Gasteiger partial charge in [-0.25, -0.2) is 13.1 Å². The predicted molar refractivity (Wildman–Crippen MR) is 55.2 cm³/mol. The molecule has 3 N–H and O–H groups in total. The van der Waals surface area contributed by atoms with Crippen LogP contribution in [-0.4, -0.2) is 25.8 Å². The van der Waals surface area contributed by atoms with E-state index in [1.165, 1.54) is 0 Å². The average Bonchev–Trinajstić information content (AvgIpc) is 2.85. The fourth-order valence-electron chi connectivity index (χ4n) is 1.83. The summed E-state index contributed by atoms with van der Waals surface area (Å²) in [7, 11) is -3.05. The Morgan fingerprint density at radius 3 is 2.29 bits per heavy atom. The van der Waals surface area contributed by atoms with E-state index in [9.17, 15) is 8.42 Å². The summed E-state index contributed by atoms with van der Waals surface area (Å²) in [6, 6.07) is 0.150. The second kappa shape index (κ2) is 2.93. The Hall–Kier alpha value is -0.130. The van der Waals surface area contributed by atoms with Gasteiger partial charge in [-0.15, -0.1) is 0 Å². The van der Waals surface area contributed by atoms with Crippen molar-refractivity contribution in [2.45, 2.75) is 50.4 Å². The van der Waals surface area contributed by atoms with Crippen LogP contribution in [0.15, 0.2) is 0 Å². The summed E-state index contributed by atoms with van der Waals surface area (Å²) < 4.78 is 26.0. The maximum atomic E-state index is 11.6. The summed E-state index contributed by atoms with van der Waals surface area (Å²) in [5, 5.41) is -0.130. The van der Waals surface area contributed by atoms with E-state index in [1.807, 2.05) is 13.8 Å². The molecule has 0 bridgehead atoms. The monoisotopic (exact) mass is 218 g/mol. The molecule has 0 amide bonds. The second-order valence-corrected chi connectivity index (χ2v) is 7.07. The Bertz CT molecular complexity index is 333. The highest BCUT2D eigenvalue weighted by molar-refractivity contribution is 7.90. The molecule has 2 fully saturated rings. The van der Waals surface area contributed by atoms with Crippen LogP contribution in [0.3, 0.4) is 0 Å². The topological polar surface area (TPSA) is 72.2 Å². The standard InChI is InChI=1S/C9H18N2O2S/c1-9(2)7(10)5-8(9)11-14(12,13)6-3-4-6/h6-8,11H,3-5,10H2,1-2H3. The fraction of sp³-hybridized carbons (Fsp3) is 1.00. The molecule has 2 aliphatic rings. The highest BCUT2D eigenvalue weighted by Gasteiger charge is 2.49. The SMILES string of the molecule is CC1(C)C(N)CC1NS(=O)(=O)C1CC1. The summed E-state index contributed by atoms with van der Waals surface area (Å²) in [5.41, 5.74) is 5.73. The van der Waals surface area contributed by atoms with Gasteiger partial charge in [0, 0.05) is 12.1 Å². The molecule has 0 radical (unpaired) electrons. The van der Waals surface area contributed by atoms with Gasteiger partial charge in [0.15, 0.2) is 0 Å². The zero-order chi connectivity index (χ0) is 10.6. The van der Waals surface area contributed by atoms with Crippen LogP contribution < -0.4 is 10.5 Å². The summed E-state index contributed by atoms with van der Waals surface area (Å²) in [6.07, 6.45) is 2.39. The third-order valence-electron chi connectivity index (χ3n) is 3.61. The lowest BCUT2D eigenvalue weighted by atomic mass is 9.64. The molecule has 0 aromatic rings. The highest BCUT2D eigenvalue weighted by Crippen LogP contribution is 2.40. The van der Waals surface area contributed by atoms with Gasteiger partial charge in [-0.1, -0.05) is 13.8 Å². The molecule has 2 saturated carbocycles. The minimum atomic E-state index is -3.05. The lowest BCUT2D eigenvalue weighted by Gasteiger charge is -2.50. The normalized spacial score (nSPS) is 36.5. The van der Waals surface area contributed by atoms with E-state index in [1.54, 1.807) is 0 Å². The summed E-state index contributed by atoms with van der Waals surface area (Å²) in [5.74, 6) is 0. The molecule has 0 aromatic heterocycles. The van der Waals surface area contributed by atoms with Crippen LogP contribution in [0.5, 0.6) is 0 Å². The molecule has 2 rings (SSSR count). The Labute approximate surface area is 85.3 Å². The van der Waals surface area contributed by atoms with Crippen molar-refractivity contribution in [3.05, 3.63) is 0 Å². The van der Waals surface area contributed by atoms with Crippen LogP contribution in [0.4, 0.5) is 0 Å². The smallest absolute Gasteiger partial charge is 0.214 e. The first-order valence-corrected chi connectivity index (χ1v) is 6.65. The van der Waals surface area contributed by atoms with E-state index in [2.05, 4.69) is 4.72 Å². The van der Waals surface area contributed by atoms with Crippen LogP contribution in [0.1, 0.15) is 33.1 Å². The van der Waals surface area contributed by atoms with E-state index in [0.29, 0.717) is 0 Å². The number of rotatable bonds is 3. The largest absolute Gasteiger partial charge is 0.327 e. The van der Waals surface area contributed by atoms with Crippen LogP contribution in [0.2, 0.25) is 0 Å². The molecule has 14 heavy (non-hydrogen) atoms. The highest BCUT2D eigenvalue weighted by atomic mass is 32.2. The lowest BCUT2D eigenvalue weighted by molar-refractivity contribution is 0.0903. The molecule has 2 aliphatic carbocycles. The minimum absolute atomic E-state index is 0.0306. The fourth-order valence-corrected chi connectivity index (χ4v) is 3.58. The van der Waals surface area contributed by atoms with Gasteiger partial charge in [0.05, 0.1) is 5.25 Å². The molecular formula is C9H18N2O2S. The Balaban J connectivity index is 1.99. The summed E-state index contributed by atoms with van der Waals surface area (Å²) in [6.45, 7) is 4.03. The van der Waals surface area contributed by atoms with Crippen molar-refractivity contribution in [1.29, 1.82) is 0 Å². The average molecular weight is 218 g/mol. The summed E-state index contributed by atoms with van der Waals surface area (Å²) in [4.78, 5) is 0. The quantitative estimate of drug-likeness (QED) is 0.710. The zero-order valence-corrected chi connectivity index (χ0v) is 9.47. The van der Waals surface area contributed by atoms with Crippen LogP contribution in [0, 0.1) is 5.41 Å². The Morgan fingerprint density at radius 1 is 1.36 bits per heavy atom. The maximum Gasteiger partial charge on any atom is 0.214 e. The molecule has 0 aromatic carbocycles. The van der Waals surface area contributed by atoms with Gasteiger partial charge < -0.3 is 5.73 Å². The maximum absolute atomic E-state index is 11.6. The van der Waals surface area contributed by atoms with Crippen molar-refractivity contribution in [2.24, 2.45) is 11.1 Å². The first kappa shape index (κ1) is 10.4. The number of nitrogens with one attached hydrogen (secondary N) is 1. The van der Waals surface area contributed by atoms with Gasteiger partial charge in [0.2, 0.25) is 10.0 Å². The van der Waals surface area contributed by atoms with E-state index in [0.717, 1.165) is 19.3 Å². The first-order valence-electron chi connectivity index (χ1n) is 5.11. The van der Waals surface area contributed by atoms with Crippen molar-refractivity contribution >= 4 is 10.0 Å². The predicted octanol–water partition coefficient (Wildman–Crippen LogP) is 0.194. The van der Waals surface area contributed by atoms with Crippen LogP contribution in [-0.2, 0) is 10.0 Å². The van der Waals surface area contributed by atoms with Gasteiger partial charge in [-0.05, 0) is 24.7 Å². The molecule has 2 unspecified atom stereocenters. The van der Waals surface area contributed by atoms with E-state index < -0.39 is 10.0 Å². The van der Waals surface area contributed by atoms with Gasteiger partial charge in [-0.2, -0.15) is 0 Å². The number of sulfonamides is 1. The number of hydrogen-bond donors (Lipinski definition) is 2. The van der Waals surface area contributed by atoms with Gasteiger partial charge in [0.25, 0.3) is 0 Å². The van der Waals surface area contributed by atoms with E-state index in [4.69, 9.17) is 5.73 Å². The van der Waals surface area contributed by atoms with E-state index in [-0.39, 0.29) is 22.7 Å². The Kier molecular flexibility index (Phi) is 2.18. The van der Waals surface area contributed by atoms with Crippen molar-refractivity contribution in [3.63, 3.8) is 0 Å². The van der Waals surface area contributed by atoms with Crippen molar-refractivity contribution in [1.82, 2.24) is 4.72 Å². The molecule has 2 atom stereocenters. The second-order valence-electron chi connectivity index (χ2n) is 5.08. The van der Waals surface area contributed by atoms with Crippen molar-refractivity contribution in [3.8, 4) is 0 Å². The minimum Gasteiger partial charge on any atom is -0.327 e. The van der Waals surface area contributed by atoms with Crippen molar-refractivity contribution < 1.29 is 8.42 Å². The molecule has 0 heterocycles. The molecule has 4 nitrogen and oxygen atoms in total. The molecule has 0 spiro atoms. The van der Waals surface area contributed by atoms with E-state index >= 15 is 0 Å².